The molecule has 2 rings (SSSR count). The molecule has 9 heteroatoms. The molecule has 0 aliphatic heterocycles. The van der Waals surface area contributed by atoms with Crippen LogP contribution in [0.15, 0.2) is 35.5 Å². The van der Waals surface area contributed by atoms with Gasteiger partial charge >= 0.3 is 0 Å². The summed E-state index contributed by atoms with van der Waals surface area (Å²) in [6.07, 6.45) is 2.45. The number of nitrogens with one attached hydrogen (secondary N) is 3. The van der Waals surface area contributed by atoms with Gasteiger partial charge in [0, 0.05) is 18.4 Å². The highest BCUT2D eigenvalue weighted by molar-refractivity contribution is 7.92. The van der Waals surface area contributed by atoms with Crippen molar-refractivity contribution in [2.75, 3.05) is 11.3 Å². The largest absolute Gasteiger partial charge is 0.352 e. The minimum Gasteiger partial charge on any atom is -0.352 e. The highest BCUT2D eigenvalue weighted by Crippen LogP contribution is 2.22. The van der Waals surface area contributed by atoms with Crippen LogP contribution in [0.2, 0.25) is 5.02 Å². The maximum Gasteiger partial charge on any atom is 0.265 e. The van der Waals surface area contributed by atoms with E-state index in [-0.39, 0.29) is 27.1 Å². The van der Waals surface area contributed by atoms with Crippen molar-refractivity contribution in [1.29, 1.82) is 0 Å². The fourth-order valence-corrected chi connectivity index (χ4v) is 2.91. The lowest BCUT2D eigenvalue weighted by molar-refractivity contribution is 0.0949. The van der Waals surface area contributed by atoms with E-state index in [1.807, 2.05) is 13.8 Å². The Kier molecular flexibility index (Phi) is 5.27. The van der Waals surface area contributed by atoms with Gasteiger partial charge in [-0.05, 0) is 24.1 Å². The molecule has 0 spiro atoms. The van der Waals surface area contributed by atoms with Gasteiger partial charge in [-0.1, -0.05) is 25.4 Å². The summed E-state index contributed by atoms with van der Waals surface area (Å²) in [5, 5.41) is 9.02. The van der Waals surface area contributed by atoms with Crippen LogP contribution in [0.5, 0.6) is 0 Å². The lowest BCUT2D eigenvalue weighted by atomic mass is 10.1. The van der Waals surface area contributed by atoms with E-state index in [1.54, 1.807) is 0 Å². The summed E-state index contributed by atoms with van der Waals surface area (Å²) in [5.41, 5.74) is 0.449. The summed E-state index contributed by atoms with van der Waals surface area (Å²) < 4.78 is 26.7. The molecule has 1 aromatic heterocycles. The van der Waals surface area contributed by atoms with Crippen LogP contribution < -0.4 is 10.0 Å². The Morgan fingerprint density at radius 3 is 2.74 bits per heavy atom. The monoisotopic (exact) mass is 356 g/mol. The van der Waals surface area contributed by atoms with E-state index in [1.165, 1.54) is 30.6 Å². The number of aromatic nitrogens is 2. The van der Waals surface area contributed by atoms with Crippen molar-refractivity contribution in [2.45, 2.75) is 18.7 Å². The third-order valence-corrected chi connectivity index (χ3v) is 4.60. The number of H-pyrrole nitrogens is 1. The SMILES string of the molecule is CC(C)CNC(=O)c1cc(NS(=O)(=O)c2cn[nH]c2)ccc1Cl. The van der Waals surface area contributed by atoms with Gasteiger partial charge in [-0.3, -0.25) is 14.6 Å². The zero-order valence-corrected chi connectivity index (χ0v) is 14.2. The number of rotatable bonds is 6. The van der Waals surface area contributed by atoms with Gasteiger partial charge in [0.25, 0.3) is 15.9 Å². The van der Waals surface area contributed by atoms with Crippen molar-refractivity contribution < 1.29 is 13.2 Å². The third kappa shape index (κ3) is 4.46. The van der Waals surface area contributed by atoms with E-state index in [2.05, 4.69) is 20.2 Å². The zero-order valence-electron chi connectivity index (χ0n) is 12.6. The summed E-state index contributed by atoms with van der Waals surface area (Å²) in [6.45, 7) is 4.44. The lowest BCUT2D eigenvalue weighted by Crippen LogP contribution is -2.27. The van der Waals surface area contributed by atoms with Crippen molar-refractivity contribution in [2.24, 2.45) is 5.92 Å². The number of halogens is 1. The predicted octanol–water partition coefficient (Wildman–Crippen LogP) is 2.25. The number of carbonyl (C=O) groups is 1. The molecule has 0 unspecified atom stereocenters. The first-order valence-electron chi connectivity index (χ1n) is 6.89. The van der Waals surface area contributed by atoms with Crippen LogP contribution in [-0.4, -0.2) is 31.1 Å². The van der Waals surface area contributed by atoms with E-state index in [0.29, 0.717) is 12.5 Å². The molecule has 2 aromatic rings. The molecular formula is C14H17ClN4O3S. The Morgan fingerprint density at radius 2 is 2.13 bits per heavy atom. The normalized spacial score (nSPS) is 11.5. The van der Waals surface area contributed by atoms with Crippen LogP contribution in [-0.2, 0) is 10.0 Å². The average Bonchev–Trinajstić information content (AvgIpc) is 3.01. The van der Waals surface area contributed by atoms with Crippen LogP contribution >= 0.6 is 11.6 Å². The summed E-state index contributed by atoms with van der Waals surface area (Å²) in [4.78, 5) is 12.1. The van der Waals surface area contributed by atoms with Crippen molar-refractivity contribution in [3.63, 3.8) is 0 Å². The summed E-state index contributed by atoms with van der Waals surface area (Å²) >= 11 is 6.02. The van der Waals surface area contributed by atoms with Crippen molar-refractivity contribution in [3.05, 3.63) is 41.2 Å². The molecule has 7 nitrogen and oxygen atoms in total. The minimum absolute atomic E-state index is 0.00161. The molecule has 0 saturated carbocycles. The van der Waals surface area contributed by atoms with Gasteiger partial charge in [0.2, 0.25) is 0 Å². The number of amides is 1. The number of aromatic amines is 1. The van der Waals surface area contributed by atoms with Gasteiger partial charge in [-0.15, -0.1) is 0 Å². The topological polar surface area (TPSA) is 104 Å². The van der Waals surface area contributed by atoms with Crippen LogP contribution in [0.1, 0.15) is 24.2 Å². The maximum absolute atomic E-state index is 12.1. The molecule has 0 saturated heterocycles. The second-order valence-electron chi connectivity index (χ2n) is 5.34. The first-order chi connectivity index (χ1) is 10.8. The number of anilines is 1. The van der Waals surface area contributed by atoms with Gasteiger partial charge in [-0.25, -0.2) is 8.42 Å². The highest BCUT2D eigenvalue weighted by Gasteiger charge is 2.17. The van der Waals surface area contributed by atoms with Gasteiger partial charge in [-0.2, -0.15) is 5.10 Å². The van der Waals surface area contributed by atoms with Crippen LogP contribution in [0.4, 0.5) is 5.69 Å². The van der Waals surface area contributed by atoms with Crippen LogP contribution in [0.25, 0.3) is 0 Å². The quantitative estimate of drug-likeness (QED) is 0.738. The van der Waals surface area contributed by atoms with Crippen molar-refractivity contribution >= 4 is 33.2 Å². The molecule has 0 radical (unpaired) electrons. The number of carbonyl (C=O) groups excluding carboxylic acids is 1. The second-order valence-corrected chi connectivity index (χ2v) is 7.43. The Hall–Kier alpha value is -2.06. The van der Waals surface area contributed by atoms with Gasteiger partial charge in [0.1, 0.15) is 4.90 Å². The molecule has 1 heterocycles. The number of hydrogen-bond donors (Lipinski definition) is 3. The minimum atomic E-state index is -3.77. The standard InChI is InChI=1S/C14H17ClN4O3S/c1-9(2)6-16-14(20)12-5-10(3-4-13(12)15)19-23(21,22)11-7-17-18-8-11/h3-5,7-9,19H,6H2,1-2H3,(H,16,20)(H,17,18). The molecule has 1 aromatic carbocycles. The molecule has 0 aliphatic rings. The summed E-state index contributed by atoms with van der Waals surface area (Å²) in [5.74, 6) is -0.0615. The first-order valence-corrected chi connectivity index (χ1v) is 8.75. The predicted molar refractivity (Wildman–Crippen MR) is 88.0 cm³/mol. The summed E-state index contributed by atoms with van der Waals surface area (Å²) in [7, 11) is -3.77. The average molecular weight is 357 g/mol. The smallest absolute Gasteiger partial charge is 0.265 e. The fourth-order valence-electron chi connectivity index (χ4n) is 1.75. The summed E-state index contributed by atoms with van der Waals surface area (Å²) in [6, 6.07) is 4.36. The lowest BCUT2D eigenvalue weighted by Gasteiger charge is -2.11. The van der Waals surface area contributed by atoms with Gasteiger partial charge in [0.05, 0.1) is 16.8 Å². The van der Waals surface area contributed by atoms with E-state index >= 15 is 0 Å². The van der Waals surface area contributed by atoms with E-state index < -0.39 is 10.0 Å². The van der Waals surface area contributed by atoms with E-state index in [0.717, 1.165) is 0 Å². The molecular weight excluding hydrogens is 340 g/mol. The number of nitrogens with zero attached hydrogens (tertiary/aromatic N) is 1. The maximum atomic E-state index is 12.1. The highest BCUT2D eigenvalue weighted by atomic mass is 35.5. The van der Waals surface area contributed by atoms with Crippen LogP contribution in [0.3, 0.4) is 0 Å². The Bertz CT molecular complexity index is 788. The third-order valence-electron chi connectivity index (χ3n) is 2.92. The fraction of sp³-hybridized carbons (Fsp3) is 0.286. The molecule has 23 heavy (non-hydrogen) atoms. The Morgan fingerprint density at radius 1 is 1.39 bits per heavy atom. The second kappa shape index (κ2) is 7.01. The Labute approximate surface area is 139 Å². The number of hydrogen-bond acceptors (Lipinski definition) is 4. The zero-order chi connectivity index (χ0) is 17.0. The van der Waals surface area contributed by atoms with E-state index in [4.69, 9.17) is 11.6 Å². The first kappa shape index (κ1) is 17.3. The molecule has 3 N–H and O–H groups in total. The van der Waals surface area contributed by atoms with Crippen LogP contribution in [0, 0.1) is 5.92 Å². The van der Waals surface area contributed by atoms with E-state index in [9.17, 15) is 13.2 Å². The van der Waals surface area contributed by atoms with Crippen molar-refractivity contribution in [1.82, 2.24) is 15.5 Å². The molecule has 0 aliphatic carbocycles. The van der Waals surface area contributed by atoms with Gasteiger partial charge in [0.15, 0.2) is 0 Å². The van der Waals surface area contributed by atoms with Gasteiger partial charge < -0.3 is 5.32 Å². The molecule has 124 valence electrons. The molecule has 0 atom stereocenters. The van der Waals surface area contributed by atoms with Crippen molar-refractivity contribution in [3.8, 4) is 0 Å². The Balaban J connectivity index is 2.22. The number of sulfonamides is 1. The molecule has 0 bridgehead atoms. The molecule has 0 fully saturated rings. The number of benzene rings is 1. The molecule has 1 amide bonds.